The number of anilines is 1. The molecule has 3 aromatic rings. The number of benzene rings is 2. The lowest BCUT2D eigenvalue weighted by molar-refractivity contribution is -0.115. The largest absolute Gasteiger partial charge is 0.358 e. The first-order valence-electron chi connectivity index (χ1n) is 7.97. The number of H-pyrrole nitrogens is 1. The number of aromatic amines is 1. The SMILES string of the molecule is O=C1CCC2=C1C(c1ccc(F)cc1)c1c(ccc3[nH]ncc13)N2. The molecule has 5 rings (SSSR count). The smallest absolute Gasteiger partial charge is 0.161 e. The maximum absolute atomic E-state index is 13.4. The molecule has 0 bridgehead atoms. The lowest BCUT2D eigenvalue weighted by Gasteiger charge is -2.29. The van der Waals surface area contributed by atoms with Crippen LogP contribution in [0.4, 0.5) is 10.1 Å². The highest BCUT2D eigenvalue weighted by Gasteiger charge is 2.37. The van der Waals surface area contributed by atoms with E-state index in [0.29, 0.717) is 6.42 Å². The summed E-state index contributed by atoms with van der Waals surface area (Å²) in [6.07, 6.45) is 3.05. The summed E-state index contributed by atoms with van der Waals surface area (Å²) in [6.45, 7) is 0. The quantitative estimate of drug-likeness (QED) is 0.716. The summed E-state index contributed by atoms with van der Waals surface area (Å²) in [7, 11) is 0. The Morgan fingerprint density at radius 3 is 2.75 bits per heavy atom. The molecule has 1 aliphatic heterocycles. The number of nitrogens with one attached hydrogen (secondary N) is 2. The van der Waals surface area contributed by atoms with Crippen LogP contribution in [0.2, 0.25) is 0 Å². The molecule has 1 unspecified atom stereocenters. The number of Topliss-reactive ketones (excluding diaryl/α,β-unsaturated/α-hetero) is 1. The molecule has 2 aromatic carbocycles. The zero-order valence-electron chi connectivity index (χ0n) is 12.8. The van der Waals surface area contributed by atoms with Gasteiger partial charge in [-0.25, -0.2) is 4.39 Å². The number of ketones is 1. The number of hydrogen-bond donors (Lipinski definition) is 2. The summed E-state index contributed by atoms with van der Waals surface area (Å²) in [5, 5.41) is 11.5. The molecule has 1 aliphatic carbocycles. The van der Waals surface area contributed by atoms with Crippen molar-refractivity contribution in [3.63, 3.8) is 0 Å². The number of fused-ring (bicyclic) bond motifs is 3. The van der Waals surface area contributed by atoms with Crippen LogP contribution in [0.5, 0.6) is 0 Å². The normalized spacial score (nSPS) is 19.4. The number of hydrogen-bond acceptors (Lipinski definition) is 3. The van der Waals surface area contributed by atoms with Crippen LogP contribution in [0.25, 0.3) is 10.9 Å². The second-order valence-electron chi connectivity index (χ2n) is 6.28. The summed E-state index contributed by atoms with van der Waals surface area (Å²) in [4.78, 5) is 12.5. The van der Waals surface area contributed by atoms with Crippen molar-refractivity contribution >= 4 is 22.4 Å². The first-order chi connectivity index (χ1) is 11.7. The van der Waals surface area contributed by atoms with E-state index >= 15 is 0 Å². The Labute approximate surface area is 137 Å². The van der Waals surface area contributed by atoms with Crippen molar-refractivity contribution in [2.24, 2.45) is 0 Å². The molecule has 4 nitrogen and oxygen atoms in total. The summed E-state index contributed by atoms with van der Waals surface area (Å²) in [5.41, 5.74) is 5.67. The van der Waals surface area contributed by atoms with Crippen molar-refractivity contribution in [1.29, 1.82) is 0 Å². The third-order valence-corrected chi connectivity index (χ3v) is 4.96. The predicted octanol–water partition coefficient (Wildman–Crippen LogP) is 3.88. The molecule has 0 spiro atoms. The third kappa shape index (κ3) is 1.78. The van der Waals surface area contributed by atoms with Crippen molar-refractivity contribution in [2.75, 3.05) is 5.32 Å². The average molecular weight is 319 g/mol. The Kier molecular flexibility index (Phi) is 2.68. The van der Waals surface area contributed by atoms with Crippen molar-refractivity contribution in [2.45, 2.75) is 18.8 Å². The molecule has 0 saturated heterocycles. The highest BCUT2D eigenvalue weighted by Crippen LogP contribution is 2.48. The van der Waals surface area contributed by atoms with Gasteiger partial charge in [0.25, 0.3) is 0 Å². The van der Waals surface area contributed by atoms with Crippen LogP contribution in [0.1, 0.15) is 29.9 Å². The molecule has 1 atom stereocenters. The van der Waals surface area contributed by atoms with Crippen molar-refractivity contribution in [3.8, 4) is 0 Å². The fourth-order valence-corrected chi connectivity index (χ4v) is 3.90. The number of halogens is 1. The molecule has 0 amide bonds. The minimum absolute atomic E-state index is 0.165. The van der Waals surface area contributed by atoms with Gasteiger partial charge in [-0.05, 0) is 41.8 Å². The van der Waals surface area contributed by atoms with E-state index in [2.05, 4.69) is 15.5 Å². The number of carbonyl (C=O) groups is 1. The van der Waals surface area contributed by atoms with Crippen LogP contribution in [0, 0.1) is 5.82 Å². The Morgan fingerprint density at radius 2 is 1.92 bits per heavy atom. The first-order valence-corrected chi connectivity index (χ1v) is 7.97. The number of rotatable bonds is 1. The standard InChI is InChI=1S/C19H14FN3O/c20-11-3-1-10(2-4-11)17-18-12-9-21-23-13(12)5-6-14(18)22-15-7-8-16(24)19(15)17/h1-6,9,17,22H,7-8H2,(H,21,23). The minimum atomic E-state index is -0.277. The second kappa shape index (κ2) is 4.77. The van der Waals surface area contributed by atoms with Gasteiger partial charge >= 0.3 is 0 Å². The van der Waals surface area contributed by atoms with Crippen LogP contribution in [0.3, 0.4) is 0 Å². The Bertz CT molecular complexity index is 1020. The van der Waals surface area contributed by atoms with E-state index in [1.54, 1.807) is 18.3 Å². The van der Waals surface area contributed by atoms with Gasteiger partial charge in [-0.15, -0.1) is 0 Å². The second-order valence-corrected chi connectivity index (χ2v) is 6.28. The number of nitrogens with zero attached hydrogens (tertiary/aromatic N) is 1. The van der Waals surface area contributed by atoms with E-state index in [1.165, 1.54) is 12.1 Å². The zero-order valence-corrected chi connectivity index (χ0v) is 12.8. The molecule has 24 heavy (non-hydrogen) atoms. The zero-order chi connectivity index (χ0) is 16.3. The fourth-order valence-electron chi connectivity index (χ4n) is 3.90. The van der Waals surface area contributed by atoms with Gasteiger partial charge in [-0.3, -0.25) is 9.89 Å². The lowest BCUT2D eigenvalue weighted by atomic mass is 9.79. The van der Waals surface area contributed by atoms with Crippen LogP contribution < -0.4 is 5.32 Å². The van der Waals surface area contributed by atoms with Gasteiger partial charge in [-0.1, -0.05) is 12.1 Å². The van der Waals surface area contributed by atoms with Gasteiger partial charge in [0, 0.05) is 34.7 Å². The Balaban J connectivity index is 1.82. The Hall–Kier alpha value is -2.95. The molecule has 2 aliphatic rings. The summed E-state index contributed by atoms with van der Waals surface area (Å²) >= 11 is 0. The number of carbonyl (C=O) groups excluding carboxylic acids is 1. The molecule has 2 heterocycles. The van der Waals surface area contributed by atoms with Crippen molar-refractivity contribution in [1.82, 2.24) is 10.2 Å². The van der Waals surface area contributed by atoms with Crippen LogP contribution in [-0.2, 0) is 4.79 Å². The van der Waals surface area contributed by atoms with E-state index in [-0.39, 0.29) is 17.5 Å². The van der Waals surface area contributed by atoms with Gasteiger partial charge in [0.05, 0.1) is 11.7 Å². The van der Waals surface area contributed by atoms with Crippen LogP contribution in [-0.4, -0.2) is 16.0 Å². The summed E-state index contributed by atoms with van der Waals surface area (Å²) in [5.74, 6) is -0.299. The van der Waals surface area contributed by atoms with Crippen LogP contribution >= 0.6 is 0 Å². The van der Waals surface area contributed by atoms with Gasteiger partial charge in [0.2, 0.25) is 0 Å². The van der Waals surface area contributed by atoms with E-state index in [0.717, 1.165) is 45.4 Å². The van der Waals surface area contributed by atoms with E-state index < -0.39 is 0 Å². The predicted molar refractivity (Wildman–Crippen MR) is 89.2 cm³/mol. The highest BCUT2D eigenvalue weighted by molar-refractivity contribution is 6.05. The molecular weight excluding hydrogens is 305 g/mol. The third-order valence-electron chi connectivity index (χ3n) is 4.96. The van der Waals surface area contributed by atoms with Gasteiger partial charge < -0.3 is 5.32 Å². The number of aromatic nitrogens is 2. The van der Waals surface area contributed by atoms with Crippen molar-refractivity contribution < 1.29 is 9.18 Å². The molecule has 1 aromatic heterocycles. The van der Waals surface area contributed by atoms with E-state index in [1.807, 2.05) is 12.1 Å². The first kappa shape index (κ1) is 13.5. The molecule has 2 N–H and O–H groups in total. The van der Waals surface area contributed by atoms with Crippen LogP contribution in [0.15, 0.2) is 53.9 Å². The summed E-state index contributed by atoms with van der Waals surface area (Å²) in [6, 6.07) is 10.4. The molecule has 0 radical (unpaired) electrons. The van der Waals surface area contributed by atoms with Crippen molar-refractivity contribution in [3.05, 3.63) is 70.8 Å². The maximum Gasteiger partial charge on any atom is 0.161 e. The minimum Gasteiger partial charge on any atom is -0.358 e. The fraction of sp³-hybridized carbons (Fsp3) is 0.158. The van der Waals surface area contributed by atoms with Gasteiger partial charge in [0.15, 0.2) is 5.78 Å². The van der Waals surface area contributed by atoms with Gasteiger partial charge in [0.1, 0.15) is 5.82 Å². The number of allylic oxidation sites excluding steroid dienone is 2. The van der Waals surface area contributed by atoms with Gasteiger partial charge in [-0.2, -0.15) is 5.10 Å². The maximum atomic E-state index is 13.4. The van der Waals surface area contributed by atoms with E-state index in [9.17, 15) is 9.18 Å². The Morgan fingerprint density at radius 1 is 1.08 bits per heavy atom. The molecule has 118 valence electrons. The average Bonchev–Trinajstić information content (AvgIpc) is 3.21. The molecule has 0 fully saturated rings. The molecule has 0 saturated carbocycles. The topological polar surface area (TPSA) is 57.8 Å². The van der Waals surface area contributed by atoms with E-state index in [4.69, 9.17) is 0 Å². The lowest BCUT2D eigenvalue weighted by Crippen LogP contribution is -2.19. The molecule has 5 heteroatoms. The molecular formula is C19H14FN3O. The summed E-state index contributed by atoms with van der Waals surface area (Å²) < 4.78 is 13.4. The highest BCUT2D eigenvalue weighted by atomic mass is 19.1. The monoisotopic (exact) mass is 319 g/mol.